The van der Waals surface area contributed by atoms with Crippen molar-refractivity contribution in [1.29, 1.82) is 0 Å². The van der Waals surface area contributed by atoms with Crippen LogP contribution >= 0.6 is 23.1 Å². The average molecular weight is 391 g/mol. The van der Waals surface area contributed by atoms with Gasteiger partial charge in [-0.1, -0.05) is 61.9 Å². The first-order chi connectivity index (χ1) is 12.6. The molecular weight excluding hydrogens is 364 g/mol. The van der Waals surface area contributed by atoms with Gasteiger partial charge in [-0.05, 0) is 43.6 Å². The number of likely N-dealkylation sites (tertiary alicyclic amines) is 1. The molecule has 5 nitrogen and oxygen atoms in total. The third-order valence-corrected chi connectivity index (χ3v) is 6.21. The first-order valence-electron chi connectivity index (χ1n) is 9.23. The van der Waals surface area contributed by atoms with E-state index in [1.165, 1.54) is 55.7 Å². The van der Waals surface area contributed by atoms with Crippen LogP contribution < -0.4 is 5.32 Å². The monoisotopic (exact) mass is 390 g/mol. The second kappa shape index (κ2) is 9.48. The Balaban J connectivity index is 1.55. The zero-order chi connectivity index (χ0) is 18.4. The van der Waals surface area contributed by atoms with Crippen molar-refractivity contribution in [1.82, 2.24) is 15.1 Å². The SMILES string of the molecule is CC(C)Sc1nnc(NC(=O)c2ccc(CN3CCCCCC3)cc2)s1. The van der Waals surface area contributed by atoms with Gasteiger partial charge in [0.1, 0.15) is 0 Å². The molecule has 0 spiro atoms. The second-order valence-electron chi connectivity index (χ2n) is 6.88. The summed E-state index contributed by atoms with van der Waals surface area (Å²) < 4.78 is 0.878. The highest BCUT2D eigenvalue weighted by atomic mass is 32.2. The fourth-order valence-corrected chi connectivity index (χ4v) is 4.96. The molecule has 2 aromatic rings. The maximum atomic E-state index is 12.4. The maximum absolute atomic E-state index is 12.4. The highest BCUT2D eigenvalue weighted by molar-refractivity contribution is 8.01. The van der Waals surface area contributed by atoms with E-state index in [1.54, 1.807) is 11.8 Å². The second-order valence-corrected chi connectivity index (χ2v) is 9.68. The number of amides is 1. The standard InChI is InChI=1S/C19H26N4OS2/c1-14(2)25-19-22-21-18(26-19)20-17(24)16-9-7-15(8-10-16)13-23-11-5-3-4-6-12-23/h7-10,14H,3-6,11-13H2,1-2H3,(H,20,21,24). The van der Waals surface area contributed by atoms with Crippen molar-refractivity contribution >= 4 is 34.1 Å². The van der Waals surface area contributed by atoms with Gasteiger partial charge < -0.3 is 0 Å². The van der Waals surface area contributed by atoms with Crippen LogP contribution in [-0.4, -0.2) is 39.3 Å². The lowest BCUT2D eigenvalue weighted by Gasteiger charge is -2.19. The summed E-state index contributed by atoms with van der Waals surface area (Å²) in [4.78, 5) is 14.9. The molecule has 0 atom stereocenters. The van der Waals surface area contributed by atoms with Crippen molar-refractivity contribution in [2.45, 2.75) is 55.7 Å². The number of nitrogens with one attached hydrogen (secondary N) is 1. The highest BCUT2D eigenvalue weighted by Crippen LogP contribution is 2.28. The normalized spacial score (nSPS) is 15.8. The number of anilines is 1. The fourth-order valence-electron chi connectivity index (χ4n) is 2.99. The topological polar surface area (TPSA) is 58.1 Å². The third-order valence-electron chi connectivity index (χ3n) is 4.28. The molecule has 26 heavy (non-hydrogen) atoms. The van der Waals surface area contributed by atoms with E-state index in [-0.39, 0.29) is 5.91 Å². The van der Waals surface area contributed by atoms with Crippen LogP contribution in [-0.2, 0) is 6.54 Å². The third kappa shape index (κ3) is 5.79. The number of benzene rings is 1. The number of hydrogen-bond donors (Lipinski definition) is 1. The summed E-state index contributed by atoms with van der Waals surface area (Å²) in [6.07, 6.45) is 5.27. The van der Waals surface area contributed by atoms with E-state index < -0.39 is 0 Å². The Labute approximate surface area is 163 Å². The molecule has 1 aliphatic heterocycles. The van der Waals surface area contributed by atoms with Crippen molar-refractivity contribution in [3.8, 4) is 0 Å². The van der Waals surface area contributed by atoms with E-state index in [4.69, 9.17) is 0 Å². The number of carbonyl (C=O) groups excluding carboxylic acids is 1. The summed E-state index contributed by atoms with van der Waals surface area (Å²) in [5.74, 6) is -0.136. The van der Waals surface area contributed by atoms with Crippen molar-refractivity contribution in [2.75, 3.05) is 18.4 Å². The smallest absolute Gasteiger partial charge is 0.257 e. The van der Waals surface area contributed by atoms with Gasteiger partial charge in [0.05, 0.1) is 0 Å². The van der Waals surface area contributed by atoms with Crippen LogP contribution in [0.4, 0.5) is 5.13 Å². The Kier molecular flexibility index (Phi) is 7.05. The number of nitrogens with zero attached hydrogens (tertiary/aromatic N) is 3. The first kappa shape index (κ1) is 19.3. The van der Waals surface area contributed by atoms with Crippen LogP contribution in [0, 0.1) is 0 Å². The Morgan fingerprint density at radius 1 is 1.15 bits per heavy atom. The lowest BCUT2D eigenvalue weighted by molar-refractivity contribution is 0.102. The van der Waals surface area contributed by atoms with E-state index in [1.807, 2.05) is 12.1 Å². The van der Waals surface area contributed by atoms with Crippen LogP contribution in [0.25, 0.3) is 0 Å². The summed E-state index contributed by atoms with van der Waals surface area (Å²) in [6.45, 7) is 7.54. The molecule has 0 radical (unpaired) electrons. The number of aromatic nitrogens is 2. The van der Waals surface area contributed by atoms with Crippen LogP contribution in [0.3, 0.4) is 0 Å². The quantitative estimate of drug-likeness (QED) is 0.574. The van der Waals surface area contributed by atoms with E-state index in [0.29, 0.717) is 15.9 Å². The van der Waals surface area contributed by atoms with Crippen molar-refractivity contribution in [3.63, 3.8) is 0 Å². The molecule has 0 unspecified atom stereocenters. The number of thioether (sulfide) groups is 1. The lowest BCUT2D eigenvalue weighted by Crippen LogP contribution is -2.24. The summed E-state index contributed by atoms with van der Waals surface area (Å²) in [6, 6.07) is 7.90. The van der Waals surface area contributed by atoms with Crippen LogP contribution in [0.2, 0.25) is 0 Å². The summed E-state index contributed by atoms with van der Waals surface area (Å²) in [5.41, 5.74) is 1.91. The van der Waals surface area contributed by atoms with Gasteiger partial charge in [-0.25, -0.2) is 0 Å². The van der Waals surface area contributed by atoms with Crippen LogP contribution in [0.1, 0.15) is 55.5 Å². The molecule has 0 saturated carbocycles. The minimum Gasteiger partial charge on any atom is -0.299 e. The predicted molar refractivity (Wildman–Crippen MR) is 109 cm³/mol. The van der Waals surface area contributed by atoms with Gasteiger partial charge in [0.2, 0.25) is 5.13 Å². The van der Waals surface area contributed by atoms with Gasteiger partial charge in [-0.2, -0.15) is 0 Å². The number of hydrogen-bond acceptors (Lipinski definition) is 6. The highest BCUT2D eigenvalue weighted by Gasteiger charge is 2.13. The molecule has 7 heteroatoms. The average Bonchev–Trinajstić information content (AvgIpc) is 2.88. The lowest BCUT2D eigenvalue weighted by atomic mass is 10.1. The molecule has 1 N–H and O–H groups in total. The van der Waals surface area contributed by atoms with Gasteiger partial charge in [-0.15, -0.1) is 10.2 Å². The van der Waals surface area contributed by atoms with Gasteiger partial charge in [0, 0.05) is 17.4 Å². The zero-order valence-corrected chi connectivity index (χ0v) is 17.0. The molecule has 1 amide bonds. The minimum atomic E-state index is -0.136. The number of rotatable bonds is 6. The van der Waals surface area contributed by atoms with Crippen molar-refractivity contribution in [3.05, 3.63) is 35.4 Å². The molecule has 2 heterocycles. The Morgan fingerprint density at radius 2 is 1.85 bits per heavy atom. The van der Waals surface area contributed by atoms with E-state index in [9.17, 15) is 4.79 Å². The molecule has 0 aliphatic carbocycles. The Hall–Kier alpha value is -1.44. The van der Waals surface area contributed by atoms with Gasteiger partial charge in [0.25, 0.3) is 5.91 Å². The van der Waals surface area contributed by atoms with E-state index >= 15 is 0 Å². The van der Waals surface area contributed by atoms with E-state index in [0.717, 1.165) is 10.9 Å². The molecule has 140 valence electrons. The molecule has 1 aromatic carbocycles. The molecular formula is C19H26N4OS2. The van der Waals surface area contributed by atoms with Crippen molar-refractivity contribution < 1.29 is 4.79 Å². The van der Waals surface area contributed by atoms with Crippen molar-refractivity contribution in [2.24, 2.45) is 0 Å². The summed E-state index contributed by atoms with van der Waals surface area (Å²) in [5, 5.41) is 12.0. The zero-order valence-electron chi connectivity index (χ0n) is 15.4. The maximum Gasteiger partial charge on any atom is 0.257 e. The van der Waals surface area contributed by atoms with Gasteiger partial charge >= 0.3 is 0 Å². The van der Waals surface area contributed by atoms with Gasteiger partial charge in [-0.3, -0.25) is 15.0 Å². The minimum absolute atomic E-state index is 0.136. The van der Waals surface area contributed by atoms with Gasteiger partial charge in [0.15, 0.2) is 4.34 Å². The van der Waals surface area contributed by atoms with Crippen LogP contribution in [0.5, 0.6) is 0 Å². The fraction of sp³-hybridized carbons (Fsp3) is 0.526. The molecule has 1 aromatic heterocycles. The van der Waals surface area contributed by atoms with Crippen LogP contribution in [0.15, 0.2) is 28.6 Å². The largest absolute Gasteiger partial charge is 0.299 e. The summed E-state index contributed by atoms with van der Waals surface area (Å²) in [7, 11) is 0. The Morgan fingerprint density at radius 3 is 2.50 bits per heavy atom. The molecule has 1 aliphatic rings. The molecule has 1 saturated heterocycles. The first-order valence-corrected chi connectivity index (χ1v) is 10.9. The molecule has 0 bridgehead atoms. The number of carbonyl (C=O) groups is 1. The van der Waals surface area contributed by atoms with E-state index in [2.05, 4.69) is 46.4 Å². The molecule has 3 rings (SSSR count). The predicted octanol–water partition coefficient (Wildman–Crippen LogP) is 4.67. The Bertz CT molecular complexity index is 707. The summed E-state index contributed by atoms with van der Waals surface area (Å²) >= 11 is 3.07. The molecule has 1 fully saturated rings.